The molecule has 0 bridgehead atoms. The molecule has 4 nitrogen and oxygen atoms in total. The maximum Gasteiger partial charge on any atom is 0.309 e. The normalized spacial score (nSPS) is 11.9. The zero-order valence-electron chi connectivity index (χ0n) is 9.96. The van der Waals surface area contributed by atoms with Crippen LogP contribution in [0.2, 0.25) is 5.82 Å². The van der Waals surface area contributed by atoms with Gasteiger partial charge < -0.3 is 15.1 Å². The molecule has 1 radical (unpaired) electrons. The number of hydrogen-bond acceptors (Lipinski definition) is 4. The predicted octanol–water partition coefficient (Wildman–Crippen LogP) is 1.13. The summed E-state index contributed by atoms with van der Waals surface area (Å²) < 4.78 is 9.97. The molecular formula is C12H17BNO3. The number of nitrogens with two attached hydrogens (primary N) is 1. The van der Waals surface area contributed by atoms with Crippen molar-refractivity contribution in [2.24, 2.45) is 5.73 Å². The highest BCUT2D eigenvalue weighted by molar-refractivity contribution is 6.36. The van der Waals surface area contributed by atoms with E-state index in [0.29, 0.717) is 13.0 Å². The van der Waals surface area contributed by atoms with E-state index in [4.69, 9.17) is 15.1 Å². The SMILES string of the molecule is CCOC(=O)[C@@H]([B]OCN)Cc1ccccc1. The summed E-state index contributed by atoms with van der Waals surface area (Å²) in [7, 11) is 1.45. The summed E-state index contributed by atoms with van der Waals surface area (Å²) >= 11 is 0. The Kier molecular flexibility index (Phi) is 6.36. The van der Waals surface area contributed by atoms with Crippen LogP contribution < -0.4 is 5.73 Å². The molecule has 0 aliphatic rings. The molecule has 0 unspecified atom stereocenters. The van der Waals surface area contributed by atoms with E-state index in [1.54, 1.807) is 6.92 Å². The number of esters is 1. The number of carbonyl (C=O) groups is 1. The smallest absolute Gasteiger partial charge is 0.309 e. The zero-order valence-corrected chi connectivity index (χ0v) is 9.96. The standard InChI is InChI=1S/C12H17BNO3/c1-2-16-12(15)11(13-17-9-14)8-10-6-4-3-5-7-10/h3-7,11H,2,8-9,14H2,1H3/t11-/m0/s1. The molecule has 1 aromatic carbocycles. The van der Waals surface area contributed by atoms with Crippen LogP contribution in [0.1, 0.15) is 12.5 Å². The molecule has 0 heterocycles. The Balaban J connectivity index is 2.59. The van der Waals surface area contributed by atoms with E-state index >= 15 is 0 Å². The van der Waals surface area contributed by atoms with Crippen LogP contribution in [-0.4, -0.2) is 26.8 Å². The molecule has 0 aliphatic heterocycles. The fourth-order valence-corrected chi connectivity index (χ4v) is 1.48. The van der Waals surface area contributed by atoms with Crippen molar-refractivity contribution in [1.29, 1.82) is 0 Å². The third-order valence-electron chi connectivity index (χ3n) is 2.24. The van der Waals surface area contributed by atoms with E-state index in [2.05, 4.69) is 0 Å². The molecule has 1 rings (SSSR count). The largest absolute Gasteiger partial charge is 0.466 e. The van der Waals surface area contributed by atoms with Crippen molar-refractivity contribution in [3.63, 3.8) is 0 Å². The minimum absolute atomic E-state index is 0.0602. The lowest BCUT2D eigenvalue weighted by Gasteiger charge is -2.13. The third kappa shape index (κ3) is 5.02. The van der Waals surface area contributed by atoms with Gasteiger partial charge in [0.25, 0.3) is 0 Å². The summed E-state index contributed by atoms with van der Waals surface area (Å²) in [6.07, 6.45) is 0.555. The van der Waals surface area contributed by atoms with Gasteiger partial charge >= 0.3 is 13.5 Å². The van der Waals surface area contributed by atoms with Crippen LogP contribution in [0.3, 0.4) is 0 Å². The first-order valence-electron chi connectivity index (χ1n) is 5.63. The van der Waals surface area contributed by atoms with Crippen LogP contribution in [0.15, 0.2) is 30.3 Å². The molecule has 0 spiro atoms. The number of ether oxygens (including phenoxy) is 1. The van der Waals surface area contributed by atoms with Crippen molar-refractivity contribution in [3.05, 3.63) is 35.9 Å². The predicted molar refractivity (Wildman–Crippen MR) is 66.4 cm³/mol. The van der Waals surface area contributed by atoms with Crippen molar-refractivity contribution < 1.29 is 14.2 Å². The van der Waals surface area contributed by atoms with Gasteiger partial charge in [-0.2, -0.15) is 0 Å². The maximum atomic E-state index is 11.7. The molecule has 17 heavy (non-hydrogen) atoms. The van der Waals surface area contributed by atoms with E-state index in [0.717, 1.165) is 5.56 Å². The monoisotopic (exact) mass is 234 g/mol. The fourth-order valence-electron chi connectivity index (χ4n) is 1.48. The molecule has 0 fully saturated rings. The van der Waals surface area contributed by atoms with Crippen molar-refractivity contribution in [2.75, 3.05) is 13.3 Å². The van der Waals surface area contributed by atoms with Crippen LogP contribution in [-0.2, 0) is 20.6 Å². The Bertz CT molecular complexity index is 332. The summed E-state index contributed by atoms with van der Waals surface area (Å²) in [6.45, 7) is 2.20. The molecule has 0 saturated carbocycles. The maximum absolute atomic E-state index is 11.7. The Morgan fingerprint density at radius 1 is 1.41 bits per heavy atom. The second kappa shape index (κ2) is 7.87. The second-order valence-corrected chi connectivity index (χ2v) is 3.52. The van der Waals surface area contributed by atoms with Crippen LogP contribution in [0.25, 0.3) is 0 Å². The van der Waals surface area contributed by atoms with Crippen molar-refractivity contribution in [1.82, 2.24) is 0 Å². The van der Waals surface area contributed by atoms with Crippen LogP contribution >= 0.6 is 0 Å². The quantitative estimate of drug-likeness (QED) is 0.436. The highest BCUT2D eigenvalue weighted by atomic mass is 16.5. The van der Waals surface area contributed by atoms with Gasteiger partial charge in [0, 0.05) is 0 Å². The van der Waals surface area contributed by atoms with E-state index in [-0.39, 0.29) is 12.7 Å². The third-order valence-corrected chi connectivity index (χ3v) is 2.24. The van der Waals surface area contributed by atoms with Crippen LogP contribution in [0.4, 0.5) is 0 Å². The van der Waals surface area contributed by atoms with Crippen molar-refractivity contribution in [2.45, 2.75) is 19.2 Å². The van der Waals surface area contributed by atoms with Crippen LogP contribution in [0, 0.1) is 0 Å². The Morgan fingerprint density at radius 2 is 2.12 bits per heavy atom. The van der Waals surface area contributed by atoms with Gasteiger partial charge in [0.05, 0.1) is 19.2 Å². The average Bonchev–Trinajstić information content (AvgIpc) is 2.36. The van der Waals surface area contributed by atoms with Gasteiger partial charge in [0.2, 0.25) is 0 Å². The van der Waals surface area contributed by atoms with Crippen LogP contribution in [0.5, 0.6) is 0 Å². The highest BCUT2D eigenvalue weighted by Gasteiger charge is 2.22. The van der Waals surface area contributed by atoms with Gasteiger partial charge in [-0.05, 0) is 18.9 Å². The Labute approximate surface area is 102 Å². The Morgan fingerprint density at radius 3 is 2.71 bits per heavy atom. The molecule has 0 aliphatic carbocycles. The first kappa shape index (κ1) is 13.7. The lowest BCUT2D eigenvalue weighted by Crippen LogP contribution is -2.24. The molecule has 0 amide bonds. The van der Waals surface area contributed by atoms with Gasteiger partial charge in [0.15, 0.2) is 0 Å². The van der Waals surface area contributed by atoms with E-state index in [9.17, 15) is 4.79 Å². The molecule has 0 aromatic heterocycles. The summed E-state index contributed by atoms with van der Waals surface area (Å²) in [6, 6.07) is 9.72. The first-order valence-corrected chi connectivity index (χ1v) is 5.63. The van der Waals surface area contributed by atoms with Gasteiger partial charge in [-0.1, -0.05) is 30.3 Å². The summed E-state index contributed by atoms with van der Waals surface area (Å²) in [5, 5.41) is 0. The average molecular weight is 234 g/mol. The highest BCUT2D eigenvalue weighted by Crippen LogP contribution is 2.15. The Hall–Kier alpha value is -1.33. The minimum atomic E-state index is -0.416. The lowest BCUT2D eigenvalue weighted by molar-refractivity contribution is -0.143. The molecular weight excluding hydrogens is 217 g/mol. The topological polar surface area (TPSA) is 61.5 Å². The molecule has 91 valence electrons. The summed E-state index contributed by atoms with van der Waals surface area (Å²) in [5.74, 6) is -0.703. The first-order chi connectivity index (χ1) is 8.27. The number of benzene rings is 1. The minimum Gasteiger partial charge on any atom is -0.466 e. The van der Waals surface area contributed by atoms with Gasteiger partial charge in [-0.3, -0.25) is 4.79 Å². The fraction of sp³-hybridized carbons (Fsp3) is 0.417. The van der Waals surface area contributed by atoms with E-state index < -0.39 is 5.82 Å². The second-order valence-electron chi connectivity index (χ2n) is 3.52. The molecule has 1 atom stereocenters. The summed E-state index contributed by atoms with van der Waals surface area (Å²) in [4.78, 5) is 11.7. The molecule has 0 saturated heterocycles. The molecule has 2 N–H and O–H groups in total. The van der Waals surface area contributed by atoms with E-state index in [1.165, 1.54) is 7.48 Å². The van der Waals surface area contributed by atoms with Gasteiger partial charge in [-0.25, -0.2) is 0 Å². The molecule has 5 heteroatoms. The van der Waals surface area contributed by atoms with E-state index in [1.807, 2.05) is 30.3 Å². The number of hydrogen-bond donors (Lipinski definition) is 1. The molecule has 1 aromatic rings. The lowest BCUT2D eigenvalue weighted by atomic mass is 9.76. The van der Waals surface area contributed by atoms with Gasteiger partial charge in [-0.15, -0.1) is 0 Å². The van der Waals surface area contributed by atoms with Crippen molar-refractivity contribution in [3.8, 4) is 0 Å². The van der Waals surface area contributed by atoms with Crippen molar-refractivity contribution >= 4 is 13.5 Å². The number of rotatable bonds is 7. The zero-order chi connectivity index (χ0) is 12.5. The van der Waals surface area contributed by atoms with Gasteiger partial charge in [0.1, 0.15) is 0 Å². The summed E-state index contributed by atoms with van der Waals surface area (Å²) in [5.41, 5.74) is 6.30. The number of carbonyl (C=O) groups excluding carboxylic acids is 1.